The zero-order valence-electron chi connectivity index (χ0n) is 13.4. The van der Waals surface area contributed by atoms with Crippen LogP contribution in [-0.2, 0) is 24.9 Å². The van der Waals surface area contributed by atoms with Crippen molar-refractivity contribution in [1.29, 1.82) is 0 Å². The van der Waals surface area contributed by atoms with Gasteiger partial charge in [-0.2, -0.15) is 0 Å². The van der Waals surface area contributed by atoms with Gasteiger partial charge in [0, 0.05) is 18.5 Å². The van der Waals surface area contributed by atoms with Gasteiger partial charge in [-0.1, -0.05) is 59.2 Å². The fourth-order valence-corrected chi connectivity index (χ4v) is 2.49. The van der Waals surface area contributed by atoms with E-state index in [4.69, 9.17) is 16.4 Å². The second-order valence-corrected chi connectivity index (χ2v) is 5.93. The van der Waals surface area contributed by atoms with Crippen LogP contribution in [-0.4, -0.2) is 15.3 Å². The number of halogens is 1. The summed E-state index contributed by atoms with van der Waals surface area (Å²) in [5.41, 5.74) is 3.95. The zero-order valence-corrected chi connectivity index (χ0v) is 14.1. The molecule has 4 nitrogen and oxygen atoms in total. The number of hydrogen-bond acceptors (Lipinski definition) is 3. The molecule has 0 radical (unpaired) electrons. The Bertz CT molecular complexity index is 810. The third-order valence-corrected chi connectivity index (χ3v) is 3.90. The lowest BCUT2D eigenvalue weighted by Crippen LogP contribution is -2.11. The predicted octanol–water partition coefficient (Wildman–Crippen LogP) is 4.24. The molecule has 0 N–H and O–H groups in total. The molecule has 0 bridgehead atoms. The molecule has 0 spiro atoms. The van der Waals surface area contributed by atoms with Crippen LogP contribution in [0.4, 0.5) is 0 Å². The minimum Gasteiger partial charge on any atom is -0.391 e. The number of aromatic nitrogens is 2. The Morgan fingerprint density at radius 3 is 2.50 bits per heavy atom. The summed E-state index contributed by atoms with van der Waals surface area (Å²) >= 11 is 5.96. The summed E-state index contributed by atoms with van der Waals surface area (Å²) < 4.78 is 1.93. The molecule has 0 saturated carbocycles. The molecule has 1 aromatic heterocycles. The number of imidazole rings is 1. The first-order chi connectivity index (χ1) is 11.7. The van der Waals surface area contributed by atoms with E-state index in [1.807, 2.05) is 66.2 Å². The number of hydrogen-bond donors (Lipinski definition) is 0. The standard InChI is InChI=1S/C19H18ClN3O/c1-23-14-21-12-19(23)18(11-15-7-9-17(20)10-8-15)22-24-13-16-5-3-2-4-6-16/h2-10,12,14H,11,13H2,1H3. The minimum atomic E-state index is 0.433. The molecular formula is C19H18ClN3O. The van der Waals surface area contributed by atoms with Gasteiger partial charge in [0.1, 0.15) is 12.3 Å². The van der Waals surface area contributed by atoms with Gasteiger partial charge in [-0.15, -0.1) is 0 Å². The van der Waals surface area contributed by atoms with E-state index in [0.717, 1.165) is 27.6 Å². The molecule has 0 fully saturated rings. The molecular weight excluding hydrogens is 322 g/mol. The van der Waals surface area contributed by atoms with Gasteiger partial charge in [-0.25, -0.2) is 4.98 Å². The Morgan fingerprint density at radius 2 is 1.83 bits per heavy atom. The Hall–Kier alpha value is -2.59. The third kappa shape index (κ3) is 4.24. The number of nitrogens with zero attached hydrogens (tertiary/aromatic N) is 3. The second kappa shape index (κ2) is 7.79. The van der Waals surface area contributed by atoms with E-state index in [1.54, 1.807) is 12.5 Å². The van der Waals surface area contributed by atoms with Gasteiger partial charge in [0.25, 0.3) is 0 Å². The summed E-state index contributed by atoms with van der Waals surface area (Å²) in [6.07, 6.45) is 4.19. The Labute approximate surface area is 146 Å². The highest BCUT2D eigenvalue weighted by molar-refractivity contribution is 6.30. The molecule has 0 aliphatic carbocycles. The van der Waals surface area contributed by atoms with Crippen LogP contribution in [0.25, 0.3) is 0 Å². The van der Waals surface area contributed by atoms with Crippen molar-refractivity contribution in [3.8, 4) is 0 Å². The maximum Gasteiger partial charge on any atom is 0.142 e. The van der Waals surface area contributed by atoms with Gasteiger partial charge in [-0.3, -0.25) is 0 Å². The minimum absolute atomic E-state index is 0.433. The average molecular weight is 340 g/mol. The van der Waals surface area contributed by atoms with Gasteiger partial charge in [0.15, 0.2) is 0 Å². The lowest BCUT2D eigenvalue weighted by molar-refractivity contribution is 0.130. The van der Waals surface area contributed by atoms with Crippen LogP contribution < -0.4 is 0 Å². The fourth-order valence-electron chi connectivity index (χ4n) is 2.36. The molecule has 3 aromatic rings. The third-order valence-electron chi connectivity index (χ3n) is 3.65. The summed E-state index contributed by atoms with van der Waals surface area (Å²) in [5.74, 6) is 0. The zero-order chi connectivity index (χ0) is 16.8. The Balaban J connectivity index is 1.78. The Kier molecular flexibility index (Phi) is 5.29. The molecule has 122 valence electrons. The maximum absolute atomic E-state index is 5.96. The maximum atomic E-state index is 5.96. The smallest absolute Gasteiger partial charge is 0.142 e. The van der Waals surface area contributed by atoms with Gasteiger partial charge < -0.3 is 9.40 Å². The van der Waals surface area contributed by atoms with Crippen LogP contribution in [0.5, 0.6) is 0 Å². The van der Waals surface area contributed by atoms with Crippen LogP contribution in [0.2, 0.25) is 5.02 Å². The molecule has 24 heavy (non-hydrogen) atoms. The highest BCUT2D eigenvalue weighted by Gasteiger charge is 2.10. The molecule has 5 heteroatoms. The van der Waals surface area contributed by atoms with Crippen molar-refractivity contribution in [3.05, 3.63) is 89.0 Å². The number of benzene rings is 2. The van der Waals surface area contributed by atoms with Crippen LogP contribution in [0, 0.1) is 0 Å². The summed E-state index contributed by atoms with van der Waals surface area (Å²) in [6.45, 7) is 0.433. The van der Waals surface area contributed by atoms with Gasteiger partial charge in [-0.05, 0) is 23.3 Å². The van der Waals surface area contributed by atoms with Crippen LogP contribution in [0.15, 0.2) is 72.3 Å². The molecule has 0 aliphatic heterocycles. The van der Waals surface area contributed by atoms with Crippen molar-refractivity contribution in [1.82, 2.24) is 9.55 Å². The largest absolute Gasteiger partial charge is 0.391 e. The van der Waals surface area contributed by atoms with E-state index in [1.165, 1.54) is 0 Å². The van der Waals surface area contributed by atoms with Gasteiger partial charge in [0.05, 0.1) is 18.2 Å². The lowest BCUT2D eigenvalue weighted by atomic mass is 10.1. The monoisotopic (exact) mass is 339 g/mol. The van der Waals surface area contributed by atoms with Crippen molar-refractivity contribution >= 4 is 17.3 Å². The SMILES string of the molecule is Cn1cncc1C(Cc1ccc(Cl)cc1)=NOCc1ccccc1. The van der Waals surface area contributed by atoms with Crippen molar-refractivity contribution in [2.24, 2.45) is 12.2 Å². The molecule has 0 amide bonds. The second-order valence-electron chi connectivity index (χ2n) is 5.49. The van der Waals surface area contributed by atoms with Crippen molar-refractivity contribution < 1.29 is 4.84 Å². The Morgan fingerprint density at radius 1 is 1.08 bits per heavy atom. The number of rotatable bonds is 6. The normalized spacial score (nSPS) is 11.5. The molecule has 0 saturated heterocycles. The van der Waals surface area contributed by atoms with Crippen molar-refractivity contribution in [2.75, 3.05) is 0 Å². The fraction of sp³-hybridized carbons (Fsp3) is 0.158. The molecule has 0 aliphatic rings. The van der Waals surface area contributed by atoms with E-state index in [0.29, 0.717) is 13.0 Å². The summed E-state index contributed by atoms with van der Waals surface area (Å²) in [6, 6.07) is 17.7. The van der Waals surface area contributed by atoms with Crippen molar-refractivity contribution in [2.45, 2.75) is 13.0 Å². The van der Waals surface area contributed by atoms with E-state index in [-0.39, 0.29) is 0 Å². The first-order valence-corrected chi connectivity index (χ1v) is 8.04. The highest BCUT2D eigenvalue weighted by atomic mass is 35.5. The van der Waals surface area contributed by atoms with Crippen LogP contribution in [0.3, 0.4) is 0 Å². The molecule has 0 atom stereocenters. The van der Waals surface area contributed by atoms with Crippen molar-refractivity contribution in [3.63, 3.8) is 0 Å². The molecule has 1 heterocycles. The van der Waals surface area contributed by atoms with E-state index in [2.05, 4.69) is 10.1 Å². The summed E-state index contributed by atoms with van der Waals surface area (Å²) in [4.78, 5) is 9.75. The highest BCUT2D eigenvalue weighted by Crippen LogP contribution is 2.13. The number of oxime groups is 1. The lowest BCUT2D eigenvalue weighted by Gasteiger charge is -2.08. The van der Waals surface area contributed by atoms with Crippen LogP contribution in [0.1, 0.15) is 16.8 Å². The molecule has 0 unspecified atom stereocenters. The first-order valence-electron chi connectivity index (χ1n) is 7.66. The molecule has 3 rings (SSSR count). The van der Waals surface area contributed by atoms with Gasteiger partial charge in [0.2, 0.25) is 0 Å². The number of aryl methyl sites for hydroxylation is 1. The predicted molar refractivity (Wildman–Crippen MR) is 96.1 cm³/mol. The summed E-state index contributed by atoms with van der Waals surface area (Å²) in [5, 5.41) is 5.08. The average Bonchev–Trinajstić information content (AvgIpc) is 3.03. The van der Waals surface area contributed by atoms with Crippen LogP contribution >= 0.6 is 11.6 Å². The quantitative estimate of drug-likeness (QED) is 0.498. The van der Waals surface area contributed by atoms with E-state index in [9.17, 15) is 0 Å². The topological polar surface area (TPSA) is 39.4 Å². The van der Waals surface area contributed by atoms with E-state index < -0.39 is 0 Å². The van der Waals surface area contributed by atoms with E-state index >= 15 is 0 Å². The van der Waals surface area contributed by atoms with Gasteiger partial charge >= 0.3 is 0 Å². The first kappa shape index (κ1) is 16.3. The molecule has 2 aromatic carbocycles. The summed E-state index contributed by atoms with van der Waals surface area (Å²) in [7, 11) is 1.94.